The lowest BCUT2D eigenvalue weighted by atomic mass is 10.0. The molecule has 1 atom stereocenters. The van der Waals surface area contributed by atoms with Crippen LogP contribution in [0.1, 0.15) is 31.3 Å². The van der Waals surface area contributed by atoms with Crippen molar-refractivity contribution in [3.8, 4) is 11.4 Å². The Morgan fingerprint density at radius 3 is 2.90 bits per heavy atom. The van der Waals surface area contributed by atoms with Crippen LogP contribution in [0.5, 0.6) is 0 Å². The molecule has 4 nitrogen and oxygen atoms in total. The van der Waals surface area contributed by atoms with Crippen LogP contribution in [0.2, 0.25) is 0 Å². The molecule has 1 aliphatic heterocycles. The summed E-state index contributed by atoms with van der Waals surface area (Å²) in [5.74, 6) is 1.76. The summed E-state index contributed by atoms with van der Waals surface area (Å²) < 4.78 is 16.3. The second-order valence-corrected chi connectivity index (χ2v) is 5.65. The number of nitrogens with zero attached hydrogens (tertiary/aromatic N) is 3. The molecule has 0 fully saturated rings. The summed E-state index contributed by atoms with van der Waals surface area (Å²) in [5.41, 5.74) is 1.17. The van der Waals surface area contributed by atoms with Gasteiger partial charge in [0.25, 0.3) is 0 Å². The maximum Gasteiger partial charge on any atom is 0.167 e. The van der Waals surface area contributed by atoms with E-state index < -0.39 is 0 Å². The van der Waals surface area contributed by atoms with Gasteiger partial charge in [-0.1, -0.05) is 26.0 Å². The Labute approximate surface area is 118 Å². The van der Waals surface area contributed by atoms with Gasteiger partial charge in [-0.3, -0.25) is 0 Å². The van der Waals surface area contributed by atoms with Gasteiger partial charge in [0, 0.05) is 13.1 Å². The fourth-order valence-corrected chi connectivity index (χ4v) is 2.74. The van der Waals surface area contributed by atoms with E-state index >= 15 is 0 Å². The molecule has 1 aromatic carbocycles. The average Bonchev–Trinajstić information content (AvgIpc) is 2.85. The topological polar surface area (TPSA) is 42.7 Å². The number of hydrogen-bond acceptors (Lipinski definition) is 3. The number of benzene rings is 1. The lowest BCUT2D eigenvalue weighted by Crippen LogP contribution is -2.36. The molecular weight excluding hydrogens is 255 g/mol. The highest BCUT2D eigenvalue weighted by Gasteiger charge is 2.28. The van der Waals surface area contributed by atoms with Crippen LogP contribution in [0.4, 0.5) is 4.39 Å². The third kappa shape index (κ3) is 2.02. The van der Waals surface area contributed by atoms with Crippen LogP contribution in [0, 0.1) is 18.7 Å². The molecule has 0 saturated carbocycles. The number of hydrogen-bond donors (Lipinski definition) is 1. The minimum Gasteiger partial charge on any atom is -0.308 e. The first-order valence-corrected chi connectivity index (χ1v) is 7.01. The van der Waals surface area contributed by atoms with Crippen LogP contribution in [0.3, 0.4) is 0 Å². The molecule has 0 spiro atoms. The van der Waals surface area contributed by atoms with Gasteiger partial charge in [0.15, 0.2) is 11.6 Å². The Kier molecular flexibility index (Phi) is 3.30. The summed E-state index contributed by atoms with van der Waals surface area (Å²) in [6.07, 6.45) is 0. The number of aryl methyl sites for hydroxylation is 1. The van der Waals surface area contributed by atoms with Crippen molar-refractivity contribution in [1.82, 2.24) is 20.1 Å². The first-order valence-electron chi connectivity index (χ1n) is 7.01. The Morgan fingerprint density at radius 2 is 2.15 bits per heavy atom. The van der Waals surface area contributed by atoms with E-state index in [1.165, 1.54) is 0 Å². The van der Waals surface area contributed by atoms with Gasteiger partial charge in [-0.25, -0.2) is 4.39 Å². The van der Waals surface area contributed by atoms with Crippen molar-refractivity contribution in [3.05, 3.63) is 35.4 Å². The predicted octanol–water partition coefficient (Wildman–Crippen LogP) is 2.69. The van der Waals surface area contributed by atoms with Gasteiger partial charge in [-0.15, -0.1) is 10.2 Å². The fraction of sp³-hybridized carbons (Fsp3) is 0.467. The third-order valence-corrected chi connectivity index (χ3v) is 3.86. The van der Waals surface area contributed by atoms with Gasteiger partial charge >= 0.3 is 0 Å². The van der Waals surface area contributed by atoms with Crippen molar-refractivity contribution in [3.63, 3.8) is 0 Å². The lowest BCUT2D eigenvalue weighted by Gasteiger charge is -2.27. The van der Waals surface area contributed by atoms with Gasteiger partial charge in [0.05, 0.1) is 11.6 Å². The molecule has 106 valence electrons. The Morgan fingerprint density at radius 1 is 1.35 bits per heavy atom. The predicted molar refractivity (Wildman–Crippen MR) is 75.7 cm³/mol. The molecule has 0 amide bonds. The first kappa shape index (κ1) is 13.2. The van der Waals surface area contributed by atoms with Crippen LogP contribution >= 0.6 is 0 Å². The SMILES string of the molecule is Cc1cccc(-c2nnc3n2CCNC3C(C)C)c1F. The molecule has 5 heteroatoms. The smallest absolute Gasteiger partial charge is 0.167 e. The summed E-state index contributed by atoms with van der Waals surface area (Å²) >= 11 is 0. The molecule has 0 saturated heterocycles. The van der Waals surface area contributed by atoms with Gasteiger partial charge in [0.1, 0.15) is 5.82 Å². The molecule has 20 heavy (non-hydrogen) atoms. The zero-order chi connectivity index (χ0) is 14.3. The molecule has 1 unspecified atom stereocenters. The van der Waals surface area contributed by atoms with Gasteiger partial charge < -0.3 is 9.88 Å². The fourth-order valence-electron chi connectivity index (χ4n) is 2.74. The summed E-state index contributed by atoms with van der Waals surface area (Å²) in [4.78, 5) is 0. The van der Waals surface area contributed by atoms with Crippen LogP contribution in [0.25, 0.3) is 11.4 Å². The summed E-state index contributed by atoms with van der Waals surface area (Å²) in [5, 5.41) is 12.0. The highest BCUT2D eigenvalue weighted by molar-refractivity contribution is 5.58. The van der Waals surface area contributed by atoms with E-state index in [0.29, 0.717) is 22.9 Å². The molecule has 2 heterocycles. The second kappa shape index (κ2) is 4.98. The molecular formula is C15H19FN4. The average molecular weight is 274 g/mol. The van der Waals surface area contributed by atoms with Crippen LogP contribution in [-0.4, -0.2) is 21.3 Å². The maximum absolute atomic E-state index is 14.3. The van der Waals surface area contributed by atoms with Crippen molar-refractivity contribution >= 4 is 0 Å². The van der Waals surface area contributed by atoms with E-state index in [-0.39, 0.29) is 11.9 Å². The quantitative estimate of drug-likeness (QED) is 0.915. The van der Waals surface area contributed by atoms with E-state index in [4.69, 9.17) is 0 Å². The Balaban J connectivity index is 2.11. The maximum atomic E-state index is 14.3. The summed E-state index contributed by atoms with van der Waals surface area (Å²) in [6.45, 7) is 7.69. The lowest BCUT2D eigenvalue weighted by molar-refractivity contribution is 0.339. The number of fused-ring (bicyclic) bond motifs is 1. The van der Waals surface area contributed by atoms with Gasteiger partial charge in [0.2, 0.25) is 0 Å². The van der Waals surface area contributed by atoms with Crippen LogP contribution in [-0.2, 0) is 6.54 Å². The summed E-state index contributed by atoms with van der Waals surface area (Å²) in [7, 11) is 0. The van der Waals surface area contributed by atoms with Crippen molar-refractivity contribution < 1.29 is 4.39 Å². The van der Waals surface area contributed by atoms with E-state index in [9.17, 15) is 4.39 Å². The summed E-state index contributed by atoms with van der Waals surface area (Å²) in [6, 6.07) is 5.57. The number of nitrogens with one attached hydrogen (secondary N) is 1. The molecule has 0 bridgehead atoms. The normalized spacial score (nSPS) is 18.4. The monoisotopic (exact) mass is 274 g/mol. The van der Waals surface area contributed by atoms with Crippen LogP contribution < -0.4 is 5.32 Å². The highest BCUT2D eigenvalue weighted by atomic mass is 19.1. The van der Waals surface area contributed by atoms with E-state index in [0.717, 1.165) is 18.9 Å². The van der Waals surface area contributed by atoms with Crippen molar-refractivity contribution in [2.24, 2.45) is 5.92 Å². The largest absolute Gasteiger partial charge is 0.308 e. The second-order valence-electron chi connectivity index (χ2n) is 5.65. The zero-order valence-corrected chi connectivity index (χ0v) is 12.0. The third-order valence-electron chi connectivity index (χ3n) is 3.86. The van der Waals surface area contributed by atoms with Gasteiger partial charge in [-0.05, 0) is 24.5 Å². The van der Waals surface area contributed by atoms with Crippen molar-refractivity contribution in [2.75, 3.05) is 6.54 Å². The molecule has 1 N–H and O–H groups in total. The standard InChI is InChI=1S/C15H19FN4/c1-9(2)13-15-19-18-14(20(15)8-7-17-13)11-6-4-5-10(3)12(11)16/h4-6,9,13,17H,7-8H2,1-3H3. The molecule has 1 aromatic heterocycles. The van der Waals surface area contributed by atoms with Gasteiger partial charge in [-0.2, -0.15) is 0 Å². The molecule has 3 rings (SSSR count). The van der Waals surface area contributed by atoms with Crippen LogP contribution in [0.15, 0.2) is 18.2 Å². The first-order chi connectivity index (χ1) is 9.59. The van der Waals surface area contributed by atoms with E-state index in [1.54, 1.807) is 19.1 Å². The highest BCUT2D eigenvalue weighted by Crippen LogP contribution is 2.29. The van der Waals surface area contributed by atoms with E-state index in [1.807, 2.05) is 10.6 Å². The zero-order valence-electron chi connectivity index (χ0n) is 12.0. The molecule has 2 aromatic rings. The minimum absolute atomic E-state index is 0.179. The number of halogens is 1. The number of aromatic nitrogens is 3. The number of rotatable bonds is 2. The molecule has 1 aliphatic rings. The van der Waals surface area contributed by atoms with Crippen molar-refractivity contribution in [1.29, 1.82) is 0 Å². The Bertz CT molecular complexity index is 633. The Hall–Kier alpha value is -1.75. The van der Waals surface area contributed by atoms with Crippen molar-refractivity contribution in [2.45, 2.75) is 33.4 Å². The molecule has 0 aliphatic carbocycles. The molecule has 0 radical (unpaired) electrons. The van der Waals surface area contributed by atoms with E-state index in [2.05, 4.69) is 29.4 Å². The minimum atomic E-state index is -0.206.